The molecule has 3 N–H and O–H groups in total. The van der Waals surface area contributed by atoms with Gasteiger partial charge in [-0.2, -0.15) is 0 Å². The fourth-order valence-electron chi connectivity index (χ4n) is 3.56. The largest absolute Gasteiger partial charge is 0.351 e. The average molecular weight is 324 g/mol. The minimum absolute atomic E-state index is 0.244. The van der Waals surface area contributed by atoms with E-state index in [0.717, 1.165) is 19.5 Å². The van der Waals surface area contributed by atoms with Crippen LogP contribution >= 0.6 is 0 Å². The van der Waals surface area contributed by atoms with Gasteiger partial charge in [-0.05, 0) is 32.1 Å². The standard InChI is InChI=1S/C16H28N4O3/c1-12(15(22)18-16(17)23)19-7-4-8-20(10-9-19)14(21)11-13-5-2-3-6-13/h12-13H,2-11H2,1H3,(H3,17,18,22,23). The highest BCUT2D eigenvalue weighted by atomic mass is 16.2. The van der Waals surface area contributed by atoms with Crippen molar-refractivity contribution >= 4 is 17.8 Å². The SMILES string of the molecule is CC(C(=O)NC(N)=O)N1CCCN(C(=O)CC2CCCC2)CC1. The number of nitrogens with one attached hydrogen (secondary N) is 1. The Hall–Kier alpha value is -1.63. The first-order valence-corrected chi connectivity index (χ1v) is 8.59. The molecular formula is C16H28N4O3. The zero-order chi connectivity index (χ0) is 16.8. The molecule has 0 aromatic rings. The maximum atomic E-state index is 12.4. The summed E-state index contributed by atoms with van der Waals surface area (Å²) in [7, 11) is 0. The van der Waals surface area contributed by atoms with E-state index < -0.39 is 12.1 Å². The molecule has 130 valence electrons. The molecule has 0 aromatic carbocycles. The summed E-state index contributed by atoms with van der Waals surface area (Å²) in [6.45, 7) is 4.52. The maximum absolute atomic E-state index is 12.4. The van der Waals surface area contributed by atoms with Crippen molar-refractivity contribution < 1.29 is 14.4 Å². The van der Waals surface area contributed by atoms with Crippen LogP contribution in [0, 0.1) is 5.92 Å². The summed E-state index contributed by atoms with van der Waals surface area (Å²) in [4.78, 5) is 39.0. The molecule has 1 heterocycles. The summed E-state index contributed by atoms with van der Waals surface area (Å²) in [5.41, 5.74) is 4.99. The predicted molar refractivity (Wildman–Crippen MR) is 86.5 cm³/mol. The molecule has 23 heavy (non-hydrogen) atoms. The Labute approximate surface area is 137 Å². The van der Waals surface area contributed by atoms with E-state index in [-0.39, 0.29) is 11.8 Å². The molecule has 1 unspecified atom stereocenters. The van der Waals surface area contributed by atoms with Crippen LogP contribution in [0.4, 0.5) is 4.79 Å². The number of carbonyl (C=O) groups is 3. The molecule has 4 amide bonds. The Morgan fingerprint density at radius 1 is 1.09 bits per heavy atom. The first-order valence-electron chi connectivity index (χ1n) is 8.59. The van der Waals surface area contributed by atoms with Gasteiger partial charge in [0, 0.05) is 32.6 Å². The molecule has 1 saturated carbocycles. The molecule has 1 saturated heterocycles. The van der Waals surface area contributed by atoms with Crippen LogP contribution in [0.15, 0.2) is 0 Å². The molecule has 1 aliphatic heterocycles. The molecule has 0 aromatic heterocycles. The van der Waals surface area contributed by atoms with E-state index in [1.54, 1.807) is 6.92 Å². The number of nitrogens with two attached hydrogens (primary N) is 1. The van der Waals surface area contributed by atoms with Crippen molar-refractivity contribution in [2.45, 2.75) is 51.5 Å². The lowest BCUT2D eigenvalue weighted by atomic mass is 10.0. The molecule has 1 aliphatic carbocycles. The van der Waals surface area contributed by atoms with Crippen LogP contribution in [0.25, 0.3) is 0 Å². The quantitative estimate of drug-likeness (QED) is 0.795. The van der Waals surface area contributed by atoms with Gasteiger partial charge >= 0.3 is 6.03 Å². The second-order valence-electron chi connectivity index (χ2n) is 6.65. The van der Waals surface area contributed by atoms with E-state index in [9.17, 15) is 14.4 Å². The minimum atomic E-state index is -0.829. The third-order valence-corrected chi connectivity index (χ3v) is 4.99. The molecule has 0 spiro atoms. The number of urea groups is 1. The summed E-state index contributed by atoms with van der Waals surface area (Å²) >= 11 is 0. The number of imide groups is 1. The highest BCUT2D eigenvalue weighted by Gasteiger charge is 2.27. The van der Waals surface area contributed by atoms with E-state index in [2.05, 4.69) is 5.32 Å². The Balaban J connectivity index is 1.82. The van der Waals surface area contributed by atoms with E-state index >= 15 is 0 Å². The number of rotatable bonds is 4. The maximum Gasteiger partial charge on any atom is 0.318 e. The van der Waals surface area contributed by atoms with Crippen molar-refractivity contribution in [1.29, 1.82) is 0 Å². The lowest BCUT2D eigenvalue weighted by Crippen LogP contribution is -2.49. The number of amides is 4. The fraction of sp³-hybridized carbons (Fsp3) is 0.812. The molecule has 2 fully saturated rings. The van der Waals surface area contributed by atoms with Gasteiger partial charge in [0.2, 0.25) is 11.8 Å². The lowest BCUT2D eigenvalue weighted by Gasteiger charge is -2.26. The molecule has 0 bridgehead atoms. The molecule has 1 atom stereocenters. The van der Waals surface area contributed by atoms with Crippen molar-refractivity contribution in [2.24, 2.45) is 11.7 Å². The van der Waals surface area contributed by atoms with Gasteiger partial charge in [0.15, 0.2) is 0 Å². The number of nitrogens with zero attached hydrogens (tertiary/aromatic N) is 2. The molecular weight excluding hydrogens is 296 g/mol. The monoisotopic (exact) mass is 324 g/mol. The van der Waals surface area contributed by atoms with Gasteiger partial charge in [0.25, 0.3) is 0 Å². The second kappa shape index (κ2) is 8.29. The van der Waals surface area contributed by atoms with Crippen molar-refractivity contribution in [1.82, 2.24) is 15.1 Å². The van der Waals surface area contributed by atoms with Crippen LogP contribution in [0.2, 0.25) is 0 Å². The third-order valence-electron chi connectivity index (χ3n) is 4.99. The van der Waals surface area contributed by atoms with Crippen LogP contribution in [-0.4, -0.2) is 59.9 Å². The highest BCUT2D eigenvalue weighted by Crippen LogP contribution is 2.28. The Kier molecular flexibility index (Phi) is 6.38. The number of hydrogen-bond acceptors (Lipinski definition) is 4. The molecule has 0 radical (unpaired) electrons. The van der Waals surface area contributed by atoms with Crippen molar-refractivity contribution in [2.75, 3.05) is 26.2 Å². The van der Waals surface area contributed by atoms with Crippen molar-refractivity contribution in [3.8, 4) is 0 Å². The fourth-order valence-corrected chi connectivity index (χ4v) is 3.56. The Bertz CT molecular complexity index is 449. The number of hydrogen-bond donors (Lipinski definition) is 2. The summed E-state index contributed by atoms with van der Waals surface area (Å²) in [5, 5.41) is 2.12. The van der Waals surface area contributed by atoms with Gasteiger partial charge in [-0.1, -0.05) is 12.8 Å². The topological polar surface area (TPSA) is 95.7 Å². The predicted octanol–water partition coefficient (Wildman–Crippen LogP) is 0.684. The van der Waals surface area contributed by atoms with Gasteiger partial charge in [0.1, 0.15) is 0 Å². The van der Waals surface area contributed by atoms with E-state index in [0.29, 0.717) is 25.4 Å². The smallest absolute Gasteiger partial charge is 0.318 e. The van der Waals surface area contributed by atoms with Crippen LogP contribution in [0.5, 0.6) is 0 Å². The van der Waals surface area contributed by atoms with Crippen LogP contribution in [0.3, 0.4) is 0 Å². The second-order valence-corrected chi connectivity index (χ2v) is 6.65. The van der Waals surface area contributed by atoms with E-state index in [1.165, 1.54) is 25.7 Å². The Morgan fingerprint density at radius 3 is 2.43 bits per heavy atom. The zero-order valence-electron chi connectivity index (χ0n) is 13.9. The zero-order valence-corrected chi connectivity index (χ0v) is 13.9. The molecule has 7 nitrogen and oxygen atoms in total. The molecule has 2 aliphatic rings. The number of primary amides is 1. The van der Waals surface area contributed by atoms with Gasteiger partial charge in [-0.25, -0.2) is 4.79 Å². The minimum Gasteiger partial charge on any atom is -0.351 e. The highest BCUT2D eigenvalue weighted by molar-refractivity contribution is 5.96. The van der Waals surface area contributed by atoms with Gasteiger partial charge in [0.05, 0.1) is 6.04 Å². The number of carbonyl (C=O) groups excluding carboxylic acids is 3. The normalized spacial score (nSPS) is 21.7. The Morgan fingerprint density at radius 2 is 1.78 bits per heavy atom. The summed E-state index contributed by atoms with van der Waals surface area (Å²) in [6, 6.07) is -1.25. The van der Waals surface area contributed by atoms with Gasteiger partial charge in [-0.3, -0.25) is 19.8 Å². The summed E-state index contributed by atoms with van der Waals surface area (Å²) in [6.07, 6.45) is 6.35. The van der Waals surface area contributed by atoms with E-state index in [4.69, 9.17) is 5.73 Å². The van der Waals surface area contributed by atoms with Crippen molar-refractivity contribution in [3.05, 3.63) is 0 Å². The third kappa shape index (κ3) is 5.20. The molecule has 7 heteroatoms. The van der Waals surface area contributed by atoms with Crippen LogP contribution in [0.1, 0.15) is 45.4 Å². The summed E-state index contributed by atoms with van der Waals surface area (Å²) in [5.74, 6) is 0.415. The first kappa shape index (κ1) is 17.7. The lowest BCUT2D eigenvalue weighted by molar-refractivity contribution is -0.132. The van der Waals surface area contributed by atoms with Crippen LogP contribution in [-0.2, 0) is 9.59 Å². The first-order chi connectivity index (χ1) is 11.0. The summed E-state index contributed by atoms with van der Waals surface area (Å²) < 4.78 is 0. The van der Waals surface area contributed by atoms with E-state index in [1.807, 2.05) is 9.80 Å². The average Bonchev–Trinajstić information content (AvgIpc) is 2.87. The van der Waals surface area contributed by atoms with Gasteiger partial charge < -0.3 is 10.6 Å². The van der Waals surface area contributed by atoms with Crippen LogP contribution < -0.4 is 11.1 Å². The van der Waals surface area contributed by atoms with Crippen molar-refractivity contribution in [3.63, 3.8) is 0 Å². The molecule has 2 rings (SSSR count). The van der Waals surface area contributed by atoms with Gasteiger partial charge in [-0.15, -0.1) is 0 Å².